The van der Waals surface area contributed by atoms with Crippen LogP contribution in [0.5, 0.6) is 0 Å². The fourth-order valence-corrected chi connectivity index (χ4v) is 2.18. The molecule has 0 aliphatic carbocycles. The van der Waals surface area contributed by atoms with Crippen molar-refractivity contribution < 1.29 is 18.6 Å². The average molecular weight is 281 g/mol. The van der Waals surface area contributed by atoms with Gasteiger partial charge in [0, 0.05) is 31.0 Å². The minimum atomic E-state index is -0.962. The zero-order valence-corrected chi connectivity index (χ0v) is 10.6. The number of aliphatic hydroxyl groups is 1. The third kappa shape index (κ3) is 2.41. The number of aromatic nitrogens is 2. The van der Waals surface area contributed by atoms with Crippen LogP contribution < -0.4 is 5.32 Å². The lowest BCUT2D eigenvalue weighted by Crippen LogP contribution is -2.37. The molecule has 1 aromatic carbocycles. The van der Waals surface area contributed by atoms with Gasteiger partial charge in [-0.05, 0) is 6.07 Å². The van der Waals surface area contributed by atoms with E-state index in [2.05, 4.69) is 15.3 Å². The summed E-state index contributed by atoms with van der Waals surface area (Å²) in [4.78, 5) is 7.90. The Morgan fingerprint density at radius 2 is 2.10 bits per heavy atom. The molecule has 0 spiro atoms. The molecule has 1 aromatic heterocycles. The molecule has 1 fully saturated rings. The first-order valence-corrected chi connectivity index (χ1v) is 6.21. The van der Waals surface area contributed by atoms with Crippen LogP contribution in [0, 0.1) is 11.6 Å². The summed E-state index contributed by atoms with van der Waals surface area (Å²) in [5.41, 5.74) is -0.661. The summed E-state index contributed by atoms with van der Waals surface area (Å²) in [5.74, 6) is -1.56. The molecule has 5 nitrogen and oxygen atoms in total. The average Bonchev–Trinajstić information content (AvgIpc) is 2.85. The normalized spacial score (nSPS) is 22.4. The van der Waals surface area contributed by atoms with Gasteiger partial charge in [-0.25, -0.2) is 18.7 Å². The van der Waals surface area contributed by atoms with Crippen LogP contribution >= 0.6 is 0 Å². The molecule has 1 aliphatic rings. The van der Waals surface area contributed by atoms with Gasteiger partial charge in [0.05, 0.1) is 12.1 Å². The topological polar surface area (TPSA) is 67.3 Å². The van der Waals surface area contributed by atoms with Crippen molar-refractivity contribution in [3.05, 3.63) is 30.1 Å². The molecule has 106 valence electrons. The van der Waals surface area contributed by atoms with E-state index in [1.807, 2.05) is 0 Å². The van der Waals surface area contributed by atoms with Crippen LogP contribution in [0.15, 0.2) is 18.5 Å². The summed E-state index contributed by atoms with van der Waals surface area (Å²) in [7, 11) is 0. The van der Waals surface area contributed by atoms with Gasteiger partial charge in [-0.15, -0.1) is 0 Å². The maximum atomic E-state index is 13.3. The van der Waals surface area contributed by atoms with E-state index in [-0.39, 0.29) is 13.2 Å². The number of nitrogens with one attached hydrogen (secondary N) is 1. The Hall–Kier alpha value is -1.86. The molecule has 20 heavy (non-hydrogen) atoms. The first-order valence-electron chi connectivity index (χ1n) is 6.21. The number of hydrogen-bond donors (Lipinski definition) is 2. The molecule has 2 heterocycles. The van der Waals surface area contributed by atoms with Crippen molar-refractivity contribution in [1.29, 1.82) is 0 Å². The number of fused-ring (bicyclic) bond motifs is 1. The standard InChI is InChI=1S/C13H13F2N3O2/c14-9-3-8-11(4-10(9)15)17-7-18-12(8)16-5-13(19)1-2-20-6-13/h3-4,7,19H,1-2,5-6H2,(H,16,17,18)/t13-/m0/s1. The smallest absolute Gasteiger partial charge is 0.161 e. The summed E-state index contributed by atoms with van der Waals surface area (Å²) in [6.07, 6.45) is 1.78. The Morgan fingerprint density at radius 3 is 2.85 bits per heavy atom. The largest absolute Gasteiger partial charge is 0.386 e. The second-order valence-corrected chi connectivity index (χ2v) is 4.89. The van der Waals surface area contributed by atoms with Crippen molar-refractivity contribution in [2.45, 2.75) is 12.0 Å². The lowest BCUT2D eigenvalue weighted by atomic mass is 10.0. The summed E-state index contributed by atoms with van der Waals surface area (Å²) in [6.45, 7) is 0.965. The summed E-state index contributed by atoms with van der Waals surface area (Å²) in [6, 6.07) is 2.06. The van der Waals surface area contributed by atoms with Crippen LogP contribution in [0.2, 0.25) is 0 Å². The van der Waals surface area contributed by atoms with Gasteiger partial charge < -0.3 is 15.2 Å². The highest BCUT2D eigenvalue weighted by Gasteiger charge is 2.32. The first kappa shape index (κ1) is 13.1. The minimum Gasteiger partial charge on any atom is -0.386 e. The molecule has 2 aromatic rings. The van der Waals surface area contributed by atoms with Gasteiger partial charge >= 0.3 is 0 Å². The van der Waals surface area contributed by atoms with E-state index in [9.17, 15) is 13.9 Å². The quantitative estimate of drug-likeness (QED) is 0.892. The Bertz CT molecular complexity index is 645. The predicted molar refractivity (Wildman–Crippen MR) is 68.3 cm³/mol. The number of benzene rings is 1. The van der Waals surface area contributed by atoms with E-state index < -0.39 is 17.2 Å². The molecule has 0 radical (unpaired) electrons. The van der Waals surface area contributed by atoms with E-state index in [4.69, 9.17) is 4.74 Å². The maximum absolute atomic E-state index is 13.3. The van der Waals surface area contributed by atoms with Crippen molar-refractivity contribution in [1.82, 2.24) is 9.97 Å². The highest BCUT2D eigenvalue weighted by atomic mass is 19.2. The van der Waals surface area contributed by atoms with Crippen LogP contribution in [0.1, 0.15) is 6.42 Å². The first-order chi connectivity index (χ1) is 9.57. The van der Waals surface area contributed by atoms with Crippen molar-refractivity contribution >= 4 is 16.7 Å². The molecule has 0 saturated carbocycles. The minimum absolute atomic E-state index is 0.220. The molecular formula is C13H13F2N3O2. The summed E-state index contributed by atoms with van der Waals surface area (Å²) in [5, 5.41) is 13.5. The Labute approximate surface area is 113 Å². The number of anilines is 1. The van der Waals surface area contributed by atoms with E-state index in [1.165, 1.54) is 6.33 Å². The van der Waals surface area contributed by atoms with Crippen molar-refractivity contribution in [2.75, 3.05) is 25.1 Å². The Kier molecular flexibility index (Phi) is 3.23. The van der Waals surface area contributed by atoms with Gasteiger partial charge in [0.2, 0.25) is 0 Å². The van der Waals surface area contributed by atoms with Crippen LogP contribution in [0.3, 0.4) is 0 Å². The molecule has 1 atom stereocenters. The van der Waals surface area contributed by atoms with Gasteiger partial charge in [-0.2, -0.15) is 0 Å². The lowest BCUT2D eigenvalue weighted by molar-refractivity contribution is 0.0381. The highest BCUT2D eigenvalue weighted by Crippen LogP contribution is 2.24. The second kappa shape index (κ2) is 4.92. The third-order valence-corrected chi connectivity index (χ3v) is 3.34. The van der Waals surface area contributed by atoms with Gasteiger partial charge in [-0.3, -0.25) is 0 Å². The van der Waals surface area contributed by atoms with E-state index in [0.717, 1.165) is 12.1 Å². The molecule has 0 amide bonds. The summed E-state index contributed by atoms with van der Waals surface area (Å²) < 4.78 is 31.6. The number of halogens is 2. The Balaban J connectivity index is 1.89. The number of nitrogens with zero attached hydrogens (tertiary/aromatic N) is 2. The molecule has 0 unspecified atom stereocenters. The third-order valence-electron chi connectivity index (χ3n) is 3.34. The van der Waals surface area contributed by atoms with Gasteiger partial charge in [0.15, 0.2) is 11.6 Å². The van der Waals surface area contributed by atoms with Crippen molar-refractivity contribution in [3.8, 4) is 0 Å². The van der Waals surface area contributed by atoms with Crippen LogP contribution in [-0.4, -0.2) is 40.4 Å². The maximum Gasteiger partial charge on any atom is 0.161 e. The predicted octanol–water partition coefficient (Wildman–Crippen LogP) is 1.47. The van der Waals surface area contributed by atoms with Crippen LogP contribution in [0.25, 0.3) is 10.9 Å². The lowest BCUT2D eigenvalue weighted by Gasteiger charge is -2.21. The van der Waals surface area contributed by atoms with Crippen LogP contribution in [-0.2, 0) is 4.74 Å². The second-order valence-electron chi connectivity index (χ2n) is 4.89. The molecule has 0 bridgehead atoms. The number of rotatable bonds is 3. The van der Waals surface area contributed by atoms with Crippen molar-refractivity contribution in [3.63, 3.8) is 0 Å². The van der Waals surface area contributed by atoms with Gasteiger partial charge in [-0.1, -0.05) is 0 Å². The monoisotopic (exact) mass is 281 g/mol. The van der Waals surface area contributed by atoms with E-state index in [1.54, 1.807) is 0 Å². The fraction of sp³-hybridized carbons (Fsp3) is 0.385. The molecule has 1 saturated heterocycles. The highest BCUT2D eigenvalue weighted by molar-refractivity contribution is 5.88. The Morgan fingerprint density at radius 1 is 1.30 bits per heavy atom. The zero-order valence-electron chi connectivity index (χ0n) is 10.6. The number of ether oxygens (including phenoxy) is 1. The number of hydrogen-bond acceptors (Lipinski definition) is 5. The van der Waals surface area contributed by atoms with Gasteiger partial charge in [0.1, 0.15) is 17.7 Å². The van der Waals surface area contributed by atoms with Crippen molar-refractivity contribution in [2.24, 2.45) is 0 Å². The van der Waals surface area contributed by atoms with E-state index in [0.29, 0.717) is 29.7 Å². The molecule has 7 heteroatoms. The fourth-order valence-electron chi connectivity index (χ4n) is 2.18. The molecule has 3 rings (SSSR count). The van der Waals surface area contributed by atoms with Gasteiger partial charge in [0.25, 0.3) is 0 Å². The summed E-state index contributed by atoms with van der Waals surface area (Å²) >= 11 is 0. The molecule has 2 N–H and O–H groups in total. The SMILES string of the molecule is O[C@]1(CNc2ncnc3cc(F)c(F)cc23)CCOC1. The molecule has 1 aliphatic heterocycles. The van der Waals surface area contributed by atoms with Crippen LogP contribution in [0.4, 0.5) is 14.6 Å². The molecular weight excluding hydrogens is 268 g/mol. The zero-order chi connectivity index (χ0) is 14.2. The van der Waals surface area contributed by atoms with E-state index >= 15 is 0 Å².